The molecule has 5 heteroatoms. The van der Waals surface area contributed by atoms with Crippen molar-refractivity contribution in [2.75, 3.05) is 13.1 Å². The number of amides is 2. The third-order valence-electron chi connectivity index (χ3n) is 8.46. The number of carbonyl (C=O) groups is 2. The zero-order chi connectivity index (χ0) is 31.9. The molecule has 0 aliphatic carbocycles. The highest BCUT2D eigenvalue weighted by Crippen LogP contribution is 2.15. The zero-order valence-electron chi connectivity index (χ0n) is 29.5. The third-order valence-corrected chi connectivity index (χ3v) is 8.46. The van der Waals surface area contributed by atoms with Crippen molar-refractivity contribution >= 4 is 11.8 Å². The van der Waals surface area contributed by atoms with E-state index in [0.29, 0.717) is 25.9 Å². The minimum Gasteiger partial charge on any atom is -0.329 e. The molecular formula is C38H79N3O2. The van der Waals surface area contributed by atoms with Crippen LogP contribution in [0.3, 0.4) is 0 Å². The van der Waals surface area contributed by atoms with Gasteiger partial charge in [-0.05, 0) is 12.8 Å². The first kappa shape index (κ1) is 44.2. The van der Waals surface area contributed by atoms with E-state index in [4.69, 9.17) is 11.5 Å². The Morgan fingerprint density at radius 2 is 0.535 bits per heavy atom. The van der Waals surface area contributed by atoms with Gasteiger partial charge in [-0.25, -0.2) is 0 Å². The van der Waals surface area contributed by atoms with Gasteiger partial charge in [-0.2, -0.15) is 0 Å². The lowest BCUT2D eigenvalue weighted by atomic mass is 10.0. The second-order valence-corrected chi connectivity index (χ2v) is 12.9. The van der Waals surface area contributed by atoms with Crippen molar-refractivity contribution < 1.29 is 9.59 Å². The SMILES string of the molecule is CCCCCCCCCCCCCCCCCC(=O)NC(=O)CCCCCCCCCCCCCCCCC.NCCN. The van der Waals surface area contributed by atoms with E-state index < -0.39 is 0 Å². The van der Waals surface area contributed by atoms with Gasteiger partial charge in [-0.1, -0.05) is 194 Å². The van der Waals surface area contributed by atoms with Crippen LogP contribution in [0.2, 0.25) is 0 Å². The summed E-state index contributed by atoms with van der Waals surface area (Å²) in [4.78, 5) is 24.0. The van der Waals surface area contributed by atoms with Gasteiger partial charge in [-0.15, -0.1) is 0 Å². The molecule has 0 unspecified atom stereocenters. The van der Waals surface area contributed by atoms with E-state index in [1.807, 2.05) is 0 Å². The maximum absolute atomic E-state index is 12.0. The third kappa shape index (κ3) is 43.2. The van der Waals surface area contributed by atoms with Crippen LogP contribution in [0.1, 0.15) is 219 Å². The van der Waals surface area contributed by atoms with Crippen LogP contribution >= 0.6 is 0 Å². The molecule has 5 N–H and O–H groups in total. The number of imide groups is 1. The largest absolute Gasteiger partial charge is 0.329 e. The number of hydrogen-bond donors (Lipinski definition) is 3. The van der Waals surface area contributed by atoms with Gasteiger partial charge in [0.2, 0.25) is 11.8 Å². The summed E-state index contributed by atoms with van der Waals surface area (Å²) < 4.78 is 0. The van der Waals surface area contributed by atoms with E-state index in [9.17, 15) is 9.59 Å². The number of rotatable bonds is 33. The van der Waals surface area contributed by atoms with Crippen molar-refractivity contribution in [2.24, 2.45) is 11.5 Å². The summed E-state index contributed by atoms with van der Waals surface area (Å²) in [5, 5.41) is 2.60. The number of unbranched alkanes of at least 4 members (excludes halogenated alkanes) is 28. The number of nitrogens with one attached hydrogen (secondary N) is 1. The monoisotopic (exact) mass is 610 g/mol. The highest BCUT2D eigenvalue weighted by Gasteiger charge is 2.07. The van der Waals surface area contributed by atoms with Crippen LogP contribution < -0.4 is 16.8 Å². The molecule has 0 saturated heterocycles. The van der Waals surface area contributed by atoms with Crippen LogP contribution in [-0.2, 0) is 9.59 Å². The van der Waals surface area contributed by atoms with Crippen LogP contribution in [0.4, 0.5) is 0 Å². The first-order valence-electron chi connectivity index (χ1n) is 19.3. The van der Waals surface area contributed by atoms with Gasteiger partial charge in [0.25, 0.3) is 0 Å². The maximum Gasteiger partial charge on any atom is 0.226 e. The summed E-state index contributed by atoms with van der Waals surface area (Å²) in [6.45, 7) is 5.75. The van der Waals surface area contributed by atoms with Gasteiger partial charge < -0.3 is 11.5 Å². The van der Waals surface area contributed by atoms with Crippen molar-refractivity contribution in [3.05, 3.63) is 0 Å². The quantitative estimate of drug-likeness (QED) is 0.0644. The Morgan fingerprint density at radius 3 is 0.721 bits per heavy atom. The maximum atomic E-state index is 12.0. The molecule has 0 heterocycles. The van der Waals surface area contributed by atoms with Gasteiger partial charge in [0.1, 0.15) is 0 Å². The lowest BCUT2D eigenvalue weighted by Gasteiger charge is -2.05. The highest BCUT2D eigenvalue weighted by atomic mass is 16.2. The Kier molecular flexibility index (Phi) is 42.2. The smallest absolute Gasteiger partial charge is 0.226 e. The summed E-state index contributed by atoms with van der Waals surface area (Å²) in [7, 11) is 0. The fourth-order valence-electron chi connectivity index (χ4n) is 5.59. The lowest BCUT2D eigenvalue weighted by Crippen LogP contribution is -2.29. The molecule has 0 aromatic rings. The molecule has 0 saturated carbocycles. The van der Waals surface area contributed by atoms with Crippen molar-refractivity contribution in [1.82, 2.24) is 5.32 Å². The minimum absolute atomic E-state index is 0.0735. The molecule has 0 radical (unpaired) electrons. The molecule has 0 aromatic heterocycles. The van der Waals surface area contributed by atoms with E-state index in [1.54, 1.807) is 0 Å². The van der Waals surface area contributed by atoms with Crippen molar-refractivity contribution in [3.63, 3.8) is 0 Å². The molecule has 0 aliphatic heterocycles. The summed E-state index contributed by atoms with van der Waals surface area (Å²) in [5.74, 6) is -0.147. The standard InChI is InChI=1S/C36H71NO2.C2H8N2/c1-3-5-7-9-11-13-15-17-19-21-23-25-27-29-31-33-35(38)37-36(39)34-32-30-28-26-24-22-20-18-16-14-12-10-8-6-4-2;3-1-2-4/h3-34H2,1-2H3,(H,37,38,39);1-4H2. The normalized spacial score (nSPS) is 10.9. The predicted octanol–water partition coefficient (Wildman–Crippen LogP) is 11.1. The first-order valence-corrected chi connectivity index (χ1v) is 19.3. The van der Waals surface area contributed by atoms with Gasteiger partial charge in [0.05, 0.1) is 0 Å². The Morgan fingerprint density at radius 1 is 0.349 bits per heavy atom. The molecular weight excluding hydrogens is 530 g/mol. The van der Waals surface area contributed by atoms with Gasteiger partial charge in [0.15, 0.2) is 0 Å². The number of nitrogens with two attached hydrogens (primary N) is 2. The molecule has 0 spiro atoms. The summed E-state index contributed by atoms with van der Waals surface area (Å²) in [6, 6.07) is 0. The van der Waals surface area contributed by atoms with Crippen LogP contribution in [0, 0.1) is 0 Å². The molecule has 5 nitrogen and oxygen atoms in total. The van der Waals surface area contributed by atoms with E-state index >= 15 is 0 Å². The summed E-state index contributed by atoms with van der Waals surface area (Å²) >= 11 is 0. The van der Waals surface area contributed by atoms with Gasteiger partial charge in [-0.3, -0.25) is 14.9 Å². The van der Waals surface area contributed by atoms with Crippen LogP contribution in [0.25, 0.3) is 0 Å². The lowest BCUT2D eigenvalue weighted by molar-refractivity contribution is -0.130. The molecule has 0 fully saturated rings. The Labute approximate surface area is 270 Å². The van der Waals surface area contributed by atoms with Gasteiger partial charge in [0, 0.05) is 25.9 Å². The van der Waals surface area contributed by atoms with Crippen LogP contribution in [-0.4, -0.2) is 24.9 Å². The average molecular weight is 610 g/mol. The molecule has 0 rings (SSSR count). The second kappa shape index (κ2) is 41.1. The van der Waals surface area contributed by atoms with E-state index in [0.717, 1.165) is 25.7 Å². The fourth-order valence-corrected chi connectivity index (χ4v) is 5.59. The molecule has 0 bridgehead atoms. The molecule has 258 valence electrons. The number of hydrogen-bond acceptors (Lipinski definition) is 4. The van der Waals surface area contributed by atoms with Gasteiger partial charge >= 0.3 is 0 Å². The minimum atomic E-state index is -0.0735. The topological polar surface area (TPSA) is 98.2 Å². The average Bonchev–Trinajstić information content (AvgIpc) is 3.01. The van der Waals surface area contributed by atoms with Crippen molar-refractivity contribution in [3.8, 4) is 0 Å². The van der Waals surface area contributed by atoms with Crippen molar-refractivity contribution in [2.45, 2.75) is 219 Å². The second-order valence-electron chi connectivity index (χ2n) is 12.9. The van der Waals surface area contributed by atoms with Crippen molar-refractivity contribution in [1.29, 1.82) is 0 Å². The van der Waals surface area contributed by atoms with E-state index in [-0.39, 0.29) is 11.8 Å². The van der Waals surface area contributed by atoms with Crippen LogP contribution in [0.5, 0.6) is 0 Å². The first-order chi connectivity index (χ1) is 21.1. The number of carbonyl (C=O) groups excluding carboxylic acids is 2. The predicted molar refractivity (Wildman–Crippen MR) is 190 cm³/mol. The van der Waals surface area contributed by atoms with Crippen LogP contribution in [0.15, 0.2) is 0 Å². The molecule has 2 amide bonds. The molecule has 0 aliphatic rings. The molecule has 43 heavy (non-hydrogen) atoms. The van der Waals surface area contributed by atoms with E-state index in [2.05, 4.69) is 19.2 Å². The van der Waals surface area contributed by atoms with E-state index in [1.165, 1.54) is 167 Å². The molecule has 0 atom stereocenters. The summed E-state index contributed by atoms with van der Waals surface area (Å²) in [6.07, 6.45) is 40.8. The Hall–Kier alpha value is -0.940. The summed E-state index contributed by atoms with van der Waals surface area (Å²) in [5.41, 5.74) is 9.81. The highest BCUT2D eigenvalue weighted by molar-refractivity contribution is 5.95. The molecule has 0 aromatic carbocycles. The zero-order valence-corrected chi connectivity index (χ0v) is 29.5. The fraction of sp³-hybridized carbons (Fsp3) is 0.947. The Bertz CT molecular complexity index is 495. The Balaban J connectivity index is 0.